The molecule has 0 fully saturated rings. The van der Waals surface area contributed by atoms with Gasteiger partial charge in [0.15, 0.2) is 0 Å². The number of hydrogen-bond donors (Lipinski definition) is 0. The fraction of sp³-hybridized carbons (Fsp3) is 0.188. The summed E-state index contributed by atoms with van der Waals surface area (Å²) in [5.74, 6) is 0. The summed E-state index contributed by atoms with van der Waals surface area (Å²) in [6, 6.07) is 12.2. The second-order valence-corrected chi connectivity index (χ2v) is 4.70. The Balaban J connectivity index is 2.41. The second kappa shape index (κ2) is 4.12. The molecule has 0 aliphatic carbocycles. The first-order chi connectivity index (χ1) is 9.15. The van der Waals surface area contributed by atoms with Crippen molar-refractivity contribution in [3.05, 3.63) is 47.7 Å². The van der Waals surface area contributed by atoms with E-state index in [9.17, 15) is 4.79 Å². The van der Waals surface area contributed by atoms with Gasteiger partial charge in [0.05, 0.1) is 12.8 Å². The van der Waals surface area contributed by atoms with Gasteiger partial charge in [0, 0.05) is 11.1 Å². The molecule has 0 aromatic heterocycles. The van der Waals surface area contributed by atoms with Crippen LogP contribution in [0.5, 0.6) is 0 Å². The number of methoxy groups -OCH3 is 1. The maximum atomic E-state index is 12.0. The van der Waals surface area contributed by atoms with Crippen molar-refractivity contribution < 1.29 is 9.53 Å². The molecule has 0 N–H and O–H groups in total. The molecule has 3 rings (SSSR count). The van der Waals surface area contributed by atoms with Gasteiger partial charge in [-0.25, -0.2) is 9.69 Å². The zero-order valence-electron chi connectivity index (χ0n) is 11.2. The van der Waals surface area contributed by atoms with Crippen molar-refractivity contribution in [3.63, 3.8) is 0 Å². The number of carbonyl (C=O) groups excluding carboxylic acids is 1. The minimum atomic E-state index is -0.348. The molecule has 3 heteroatoms. The van der Waals surface area contributed by atoms with Crippen LogP contribution in [-0.4, -0.2) is 13.2 Å². The smallest absolute Gasteiger partial charge is 0.418 e. The molecule has 0 radical (unpaired) electrons. The van der Waals surface area contributed by atoms with Gasteiger partial charge in [-0.2, -0.15) is 0 Å². The Morgan fingerprint density at radius 3 is 2.47 bits per heavy atom. The fourth-order valence-corrected chi connectivity index (χ4v) is 2.69. The Morgan fingerprint density at radius 1 is 1.11 bits per heavy atom. The summed E-state index contributed by atoms with van der Waals surface area (Å²) < 4.78 is 4.91. The highest BCUT2D eigenvalue weighted by molar-refractivity contribution is 6.12. The number of ether oxygens (including phenoxy) is 1. The van der Waals surface area contributed by atoms with Crippen LogP contribution in [0.25, 0.3) is 16.3 Å². The zero-order chi connectivity index (χ0) is 13.6. The van der Waals surface area contributed by atoms with E-state index >= 15 is 0 Å². The number of carbonyl (C=O) groups is 1. The molecule has 2 aromatic rings. The summed E-state index contributed by atoms with van der Waals surface area (Å²) in [6.07, 6.45) is -0.348. The minimum Gasteiger partial charge on any atom is -0.452 e. The molecule has 0 saturated heterocycles. The van der Waals surface area contributed by atoms with Crippen LogP contribution >= 0.6 is 0 Å². The lowest BCUT2D eigenvalue weighted by Gasteiger charge is -2.30. The van der Waals surface area contributed by atoms with Crippen LogP contribution in [0.1, 0.15) is 19.4 Å². The number of benzene rings is 2. The van der Waals surface area contributed by atoms with E-state index in [4.69, 9.17) is 4.74 Å². The summed E-state index contributed by atoms with van der Waals surface area (Å²) in [4.78, 5) is 13.7. The predicted molar refractivity (Wildman–Crippen MR) is 77.1 cm³/mol. The first-order valence-electron chi connectivity index (χ1n) is 6.23. The van der Waals surface area contributed by atoms with Crippen LogP contribution in [0.4, 0.5) is 10.5 Å². The summed E-state index contributed by atoms with van der Waals surface area (Å²) in [7, 11) is 1.41. The highest BCUT2D eigenvalue weighted by Crippen LogP contribution is 2.41. The van der Waals surface area contributed by atoms with Gasteiger partial charge in [-0.05, 0) is 36.4 Å². The quantitative estimate of drug-likeness (QED) is 0.705. The molecule has 0 atom stereocenters. The number of hydrogen-bond acceptors (Lipinski definition) is 2. The van der Waals surface area contributed by atoms with Crippen molar-refractivity contribution in [2.75, 3.05) is 12.0 Å². The minimum absolute atomic E-state index is 0.348. The number of nitrogens with zero attached hydrogens (tertiary/aromatic N) is 1. The third-order valence-corrected chi connectivity index (χ3v) is 3.76. The van der Waals surface area contributed by atoms with E-state index in [1.54, 1.807) is 4.90 Å². The summed E-state index contributed by atoms with van der Waals surface area (Å²) in [5.41, 5.74) is 4.10. The van der Waals surface area contributed by atoms with Crippen LogP contribution in [0, 0.1) is 0 Å². The van der Waals surface area contributed by atoms with Crippen LogP contribution in [-0.2, 0) is 4.74 Å². The first kappa shape index (κ1) is 11.8. The van der Waals surface area contributed by atoms with E-state index in [0.29, 0.717) is 0 Å². The molecule has 1 amide bonds. The van der Waals surface area contributed by atoms with Crippen molar-refractivity contribution in [2.45, 2.75) is 13.8 Å². The fourth-order valence-electron chi connectivity index (χ4n) is 2.69. The number of allylic oxidation sites excluding steroid dienone is 2. The Labute approximate surface area is 112 Å². The van der Waals surface area contributed by atoms with Gasteiger partial charge in [-0.1, -0.05) is 30.3 Å². The monoisotopic (exact) mass is 253 g/mol. The van der Waals surface area contributed by atoms with Crippen molar-refractivity contribution in [1.29, 1.82) is 0 Å². The van der Waals surface area contributed by atoms with Crippen molar-refractivity contribution >= 4 is 28.1 Å². The van der Waals surface area contributed by atoms with Crippen molar-refractivity contribution in [3.8, 4) is 0 Å². The average Bonchev–Trinajstić information content (AvgIpc) is 2.44. The van der Waals surface area contributed by atoms with Gasteiger partial charge >= 0.3 is 6.09 Å². The standard InChI is InChI=1S/C16H15NO2/c1-10-11(2)17(16(18)19-3)14-9-5-7-12-6-4-8-13(10)15(12)14/h4-9H,1-3H3. The lowest BCUT2D eigenvalue weighted by molar-refractivity contribution is 0.180. The molecule has 0 saturated carbocycles. The van der Waals surface area contributed by atoms with E-state index in [1.807, 2.05) is 32.0 Å². The normalized spacial score (nSPS) is 13.9. The molecule has 0 spiro atoms. The Hall–Kier alpha value is -2.29. The van der Waals surface area contributed by atoms with Gasteiger partial charge in [0.1, 0.15) is 0 Å². The highest BCUT2D eigenvalue weighted by atomic mass is 16.5. The summed E-state index contributed by atoms with van der Waals surface area (Å²) in [5, 5.41) is 2.24. The zero-order valence-corrected chi connectivity index (χ0v) is 11.2. The van der Waals surface area contributed by atoms with Crippen LogP contribution in [0.15, 0.2) is 42.1 Å². The van der Waals surface area contributed by atoms with E-state index in [1.165, 1.54) is 12.7 Å². The molecule has 2 aromatic carbocycles. The Morgan fingerprint density at radius 2 is 1.79 bits per heavy atom. The van der Waals surface area contributed by atoms with Gasteiger partial charge in [0.25, 0.3) is 0 Å². The Bertz CT molecular complexity index is 711. The lowest BCUT2D eigenvalue weighted by atomic mass is 9.93. The van der Waals surface area contributed by atoms with Crippen LogP contribution < -0.4 is 4.90 Å². The molecule has 1 aliphatic heterocycles. The van der Waals surface area contributed by atoms with Gasteiger partial charge in [-0.15, -0.1) is 0 Å². The third-order valence-electron chi connectivity index (χ3n) is 3.76. The highest BCUT2D eigenvalue weighted by Gasteiger charge is 2.27. The number of amides is 1. The molecule has 1 aliphatic rings. The van der Waals surface area contributed by atoms with Gasteiger partial charge in [-0.3, -0.25) is 0 Å². The van der Waals surface area contributed by atoms with Crippen molar-refractivity contribution in [1.82, 2.24) is 0 Å². The second-order valence-electron chi connectivity index (χ2n) is 4.70. The largest absolute Gasteiger partial charge is 0.452 e. The maximum Gasteiger partial charge on any atom is 0.418 e. The van der Waals surface area contributed by atoms with Crippen molar-refractivity contribution in [2.24, 2.45) is 0 Å². The van der Waals surface area contributed by atoms with Gasteiger partial charge in [0.2, 0.25) is 0 Å². The molecular formula is C16H15NO2. The van der Waals surface area contributed by atoms with E-state index in [0.717, 1.165) is 27.7 Å². The number of rotatable bonds is 0. The van der Waals surface area contributed by atoms with E-state index in [2.05, 4.69) is 18.2 Å². The average molecular weight is 253 g/mol. The topological polar surface area (TPSA) is 29.5 Å². The summed E-state index contributed by atoms with van der Waals surface area (Å²) >= 11 is 0. The molecule has 19 heavy (non-hydrogen) atoms. The Kier molecular flexibility index (Phi) is 2.56. The molecule has 0 bridgehead atoms. The van der Waals surface area contributed by atoms with Crippen LogP contribution in [0.3, 0.4) is 0 Å². The SMILES string of the molecule is COC(=O)N1C(C)=C(C)c2cccc3cccc1c23. The van der Waals surface area contributed by atoms with E-state index < -0.39 is 0 Å². The molecule has 3 nitrogen and oxygen atoms in total. The molecule has 1 heterocycles. The molecule has 0 unspecified atom stereocenters. The van der Waals surface area contributed by atoms with Crippen LogP contribution in [0.2, 0.25) is 0 Å². The first-order valence-corrected chi connectivity index (χ1v) is 6.23. The molecule has 96 valence electrons. The third kappa shape index (κ3) is 1.55. The van der Waals surface area contributed by atoms with Gasteiger partial charge < -0.3 is 4.74 Å². The summed E-state index contributed by atoms with van der Waals surface area (Å²) in [6.45, 7) is 3.98. The maximum absolute atomic E-state index is 12.0. The van der Waals surface area contributed by atoms with E-state index in [-0.39, 0.29) is 6.09 Å². The predicted octanol–water partition coefficient (Wildman–Crippen LogP) is 4.18. The molecular weight excluding hydrogens is 238 g/mol. The number of anilines is 1. The lowest BCUT2D eigenvalue weighted by Crippen LogP contribution is -2.31.